The first-order valence-electron chi connectivity index (χ1n) is 6.27. The molecule has 0 aliphatic rings. The standard InChI is InChI=1S/C13H29NO2/c1-11(2)6-14(7-12(3)4)8-13(5,9-15)10-16/h11-12,15-16H,6-10H2,1-5H3. The van der Waals surface area contributed by atoms with Crippen LogP contribution in [0.25, 0.3) is 0 Å². The van der Waals surface area contributed by atoms with Gasteiger partial charge in [0.25, 0.3) is 0 Å². The van der Waals surface area contributed by atoms with E-state index in [4.69, 9.17) is 0 Å². The molecule has 16 heavy (non-hydrogen) atoms. The van der Waals surface area contributed by atoms with E-state index in [0.29, 0.717) is 11.8 Å². The van der Waals surface area contributed by atoms with Gasteiger partial charge in [0.1, 0.15) is 0 Å². The second kappa shape index (κ2) is 7.25. The van der Waals surface area contributed by atoms with E-state index in [1.807, 2.05) is 6.92 Å². The molecule has 0 saturated heterocycles. The molecule has 0 saturated carbocycles. The first-order chi connectivity index (χ1) is 7.33. The summed E-state index contributed by atoms with van der Waals surface area (Å²) in [5.41, 5.74) is -0.385. The van der Waals surface area contributed by atoms with Crippen LogP contribution in [0.5, 0.6) is 0 Å². The molecule has 0 radical (unpaired) electrons. The van der Waals surface area contributed by atoms with Gasteiger partial charge in [-0.15, -0.1) is 0 Å². The molecular formula is C13H29NO2. The highest BCUT2D eigenvalue weighted by Crippen LogP contribution is 2.18. The summed E-state index contributed by atoms with van der Waals surface area (Å²) < 4.78 is 0. The maximum absolute atomic E-state index is 9.32. The van der Waals surface area contributed by atoms with Gasteiger partial charge in [-0.05, 0) is 11.8 Å². The molecule has 0 spiro atoms. The molecule has 0 bridgehead atoms. The van der Waals surface area contributed by atoms with E-state index in [1.165, 1.54) is 0 Å². The van der Waals surface area contributed by atoms with Crippen molar-refractivity contribution in [3.8, 4) is 0 Å². The first kappa shape index (κ1) is 15.9. The zero-order chi connectivity index (χ0) is 12.8. The van der Waals surface area contributed by atoms with Crippen LogP contribution in [0.1, 0.15) is 34.6 Å². The summed E-state index contributed by atoms with van der Waals surface area (Å²) in [5.74, 6) is 1.22. The third-order valence-corrected chi connectivity index (χ3v) is 2.62. The van der Waals surface area contributed by atoms with Crippen molar-refractivity contribution in [1.29, 1.82) is 0 Å². The number of nitrogens with zero attached hydrogens (tertiary/aromatic N) is 1. The normalized spacial score (nSPS) is 13.1. The molecule has 0 aromatic heterocycles. The van der Waals surface area contributed by atoms with Crippen molar-refractivity contribution in [3.63, 3.8) is 0 Å². The fourth-order valence-corrected chi connectivity index (χ4v) is 1.93. The number of aliphatic hydroxyl groups excluding tert-OH is 2. The van der Waals surface area contributed by atoms with Crippen LogP contribution in [0.15, 0.2) is 0 Å². The van der Waals surface area contributed by atoms with Crippen LogP contribution in [0.4, 0.5) is 0 Å². The lowest BCUT2D eigenvalue weighted by Gasteiger charge is -2.34. The highest BCUT2D eigenvalue weighted by molar-refractivity contribution is 4.78. The lowest BCUT2D eigenvalue weighted by molar-refractivity contribution is 0.0285. The Bertz CT molecular complexity index is 167. The van der Waals surface area contributed by atoms with E-state index in [1.54, 1.807) is 0 Å². The summed E-state index contributed by atoms with van der Waals surface area (Å²) in [6.45, 7) is 13.6. The zero-order valence-corrected chi connectivity index (χ0v) is 11.5. The van der Waals surface area contributed by atoms with Crippen molar-refractivity contribution in [2.75, 3.05) is 32.8 Å². The molecule has 0 amide bonds. The number of hydrogen-bond donors (Lipinski definition) is 2. The molecule has 0 fully saturated rings. The van der Waals surface area contributed by atoms with E-state index in [-0.39, 0.29) is 18.6 Å². The van der Waals surface area contributed by atoms with Crippen molar-refractivity contribution in [1.82, 2.24) is 4.90 Å². The smallest absolute Gasteiger partial charge is 0.0519 e. The number of rotatable bonds is 8. The molecule has 3 heteroatoms. The summed E-state index contributed by atoms with van der Waals surface area (Å²) in [6, 6.07) is 0. The molecule has 3 nitrogen and oxygen atoms in total. The van der Waals surface area contributed by atoms with Gasteiger partial charge in [0.05, 0.1) is 13.2 Å². The van der Waals surface area contributed by atoms with Crippen molar-refractivity contribution in [2.24, 2.45) is 17.3 Å². The van der Waals surface area contributed by atoms with Gasteiger partial charge in [-0.25, -0.2) is 0 Å². The minimum absolute atomic E-state index is 0.0379. The maximum Gasteiger partial charge on any atom is 0.0519 e. The monoisotopic (exact) mass is 231 g/mol. The average molecular weight is 231 g/mol. The molecule has 0 aliphatic carbocycles. The Kier molecular flexibility index (Phi) is 7.20. The predicted molar refractivity (Wildman–Crippen MR) is 68.4 cm³/mol. The molecule has 0 atom stereocenters. The molecule has 98 valence electrons. The van der Waals surface area contributed by atoms with Gasteiger partial charge < -0.3 is 15.1 Å². The van der Waals surface area contributed by atoms with Gasteiger partial charge in [0.2, 0.25) is 0 Å². The highest BCUT2D eigenvalue weighted by Gasteiger charge is 2.26. The van der Waals surface area contributed by atoms with Crippen LogP contribution in [-0.2, 0) is 0 Å². The Hall–Kier alpha value is -0.120. The second-order valence-corrected chi connectivity index (χ2v) is 6.11. The molecule has 0 unspecified atom stereocenters. The summed E-state index contributed by atoms with van der Waals surface area (Å²) in [5, 5.41) is 18.6. The first-order valence-corrected chi connectivity index (χ1v) is 6.27. The van der Waals surface area contributed by atoms with Crippen molar-refractivity contribution in [3.05, 3.63) is 0 Å². The molecular weight excluding hydrogens is 202 g/mol. The quantitative estimate of drug-likeness (QED) is 0.667. The Morgan fingerprint density at radius 2 is 1.31 bits per heavy atom. The van der Waals surface area contributed by atoms with Crippen LogP contribution < -0.4 is 0 Å². The Balaban J connectivity index is 4.39. The molecule has 0 rings (SSSR count). The lowest BCUT2D eigenvalue weighted by Crippen LogP contribution is -2.43. The van der Waals surface area contributed by atoms with Crippen molar-refractivity contribution < 1.29 is 10.2 Å². The van der Waals surface area contributed by atoms with E-state index in [2.05, 4.69) is 32.6 Å². The minimum Gasteiger partial charge on any atom is -0.396 e. The van der Waals surface area contributed by atoms with Gasteiger partial charge in [0, 0.05) is 25.0 Å². The maximum atomic E-state index is 9.32. The Morgan fingerprint density at radius 3 is 1.56 bits per heavy atom. The van der Waals surface area contributed by atoms with Gasteiger partial charge in [-0.2, -0.15) is 0 Å². The van der Waals surface area contributed by atoms with Gasteiger partial charge >= 0.3 is 0 Å². The summed E-state index contributed by atoms with van der Waals surface area (Å²) in [6.07, 6.45) is 0. The zero-order valence-electron chi connectivity index (χ0n) is 11.5. The third-order valence-electron chi connectivity index (χ3n) is 2.62. The van der Waals surface area contributed by atoms with Crippen molar-refractivity contribution in [2.45, 2.75) is 34.6 Å². The predicted octanol–water partition coefficient (Wildman–Crippen LogP) is 1.59. The second-order valence-electron chi connectivity index (χ2n) is 6.11. The molecule has 0 aliphatic heterocycles. The SMILES string of the molecule is CC(C)CN(CC(C)C)CC(C)(CO)CO. The highest BCUT2D eigenvalue weighted by atomic mass is 16.3. The van der Waals surface area contributed by atoms with Crippen LogP contribution in [0.3, 0.4) is 0 Å². The van der Waals surface area contributed by atoms with E-state index >= 15 is 0 Å². The Labute approximate surface area is 100 Å². The summed E-state index contributed by atoms with van der Waals surface area (Å²) in [4.78, 5) is 2.35. The topological polar surface area (TPSA) is 43.7 Å². The van der Waals surface area contributed by atoms with E-state index < -0.39 is 0 Å². The summed E-state index contributed by atoms with van der Waals surface area (Å²) >= 11 is 0. The fraction of sp³-hybridized carbons (Fsp3) is 1.00. The number of hydrogen-bond acceptors (Lipinski definition) is 3. The average Bonchev–Trinajstić information content (AvgIpc) is 2.15. The van der Waals surface area contributed by atoms with Crippen LogP contribution in [-0.4, -0.2) is 48.0 Å². The lowest BCUT2D eigenvalue weighted by atomic mass is 9.91. The van der Waals surface area contributed by atoms with E-state index in [9.17, 15) is 10.2 Å². The largest absolute Gasteiger partial charge is 0.396 e. The molecule has 2 N–H and O–H groups in total. The van der Waals surface area contributed by atoms with Crippen molar-refractivity contribution >= 4 is 0 Å². The van der Waals surface area contributed by atoms with Crippen LogP contribution in [0, 0.1) is 17.3 Å². The summed E-state index contributed by atoms with van der Waals surface area (Å²) in [7, 11) is 0. The molecule has 0 aromatic rings. The van der Waals surface area contributed by atoms with Gasteiger partial charge in [0.15, 0.2) is 0 Å². The molecule has 0 heterocycles. The van der Waals surface area contributed by atoms with E-state index in [0.717, 1.165) is 19.6 Å². The van der Waals surface area contributed by atoms with Gasteiger partial charge in [-0.1, -0.05) is 34.6 Å². The third kappa shape index (κ3) is 6.46. The van der Waals surface area contributed by atoms with Crippen LogP contribution >= 0.6 is 0 Å². The minimum atomic E-state index is -0.385. The van der Waals surface area contributed by atoms with Gasteiger partial charge in [-0.3, -0.25) is 0 Å². The Morgan fingerprint density at radius 1 is 0.938 bits per heavy atom. The van der Waals surface area contributed by atoms with Crippen LogP contribution in [0.2, 0.25) is 0 Å². The fourth-order valence-electron chi connectivity index (χ4n) is 1.93. The number of aliphatic hydroxyl groups is 2. The molecule has 0 aromatic carbocycles.